The van der Waals surface area contributed by atoms with Gasteiger partial charge >= 0.3 is 0 Å². The molecule has 3 amide bonds. The van der Waals surface area contributed by atoms with Gasteiger partial charge in [0.05, 0.1) is 6.04 Å². The first-order valence-corrected chi connectivity index (χ1v) is 9.66. The SMILES string of the molecule is C=CC(=O)NCC(NC(=O)c1ccc2c(c1)CNC2=O)c1ccc2ccccc2c1. The molecule has 0 saturated heterocycles. The van der Waals surface area contributed by atoms with Gasteiger partial charge in [0.25, 0.3) is 11.8 Å². The summed E-state index contributed by atoms with van der Waals surface area (Å²) in [6.07, 6.45) is 1.20. The van der Waals surface area contributed by atoms with Crippen molar-refractivity contribution in [1.82, 2.24) is 16.0 Å². The van der Waals surface area contributed by atoms with Crippen LogP contribution in [-0.4, -0.2) is 24.3 Å². The first kappa shape index (κ1) is 19.4. The molecule has 6 heteroatoms. The van der Waals surface area contributed by atoms with Crippen LogP contribution in [0.15, 0.2) is 73.3 Å². The Bertz CT molecular complexity index is 1170. The molecule has 1 unspecified atom stereocenters. The summed E-state index contributed by atoms with van der Waals surface area (Å²) in [5.41, 5.74) is 2.74. The van der Waals surface area contributed by atoms with Crippen molar-refractivity contribution in [2.24, 2.45) is 0 Å². The van der Waals surface area contributed by atoms with Crippen LogP contribution in [0.2, 0.25) is 0 Å². The molecule has 3 aromatic carbocycles. The quantitative estimate of drug-likeness (QED) is 0.557. The van der Waals surface area contributed by atoms with Crippen LogP contribution in [-0.2, 0) is 11.3 Å². The van der Waals surface area contributed by atoms with Gasteiger partial charge in [0.1, 0.15) is 0 Å². The van der Waals surface area contributed by atoms with Gasteiger partial charge in [0, 0.05) is 24.2 Å². The molecule has 0 bridgehead atoms. The third kappa shape index (κ3) is 3.93. The van der Waals surface area contributed by atoms with E-state index in [2.05, 4.69) is 22.5 Å². The van der Waals surface area contributed by atoms with Crippen LogP contribution in [0.1, 0.15) is 37.9 Å². The first-order chi connectivity index (χ1) is 14.5. The van der Waals surface area contributed by atoms with Crippen molar-refractivity contribution >= 4 is 28.5 Å². The normalized spacial score (nSPS) is 13.3. The lowest BCUT2D eigenvalue weighted by atomic mass is 10.0. The lowest BCUT2D eigenvalue weighted by Gasteiger charge is -2.20. The summed E-state index contributed by atoms with van der Waals surface area (Å²) in [6.45, 7) is 4.10. The number of carbonyl (C=O) groups excluding carboxylic acids is 3. The van der Waals surface area contributed by atoms with Crippen LogP contribution < -0.4 is 16.0 Å². The Hall–Kier alpha value is -3.93. The fourth-order valence-electron chi connectivity index (χ4n) is 3.57. The molecule has 3 N–H and O–H groups in total. The predicted molar refractivity (Wildman–Crippen MR) is 115 cm³/mol. The van der Waals surface area contributed by atoms with Crippen molar-refractivity contribution in [2.45, 2.75) is 12.6 Å². The highest BCUT2D eigenvalue weighted by Gasteiger charge is 2.22. The fourth-order valence-corrected chi connectivity index (χ4v) is 3.57. The Labute approximate surface area is 174 Å². The van der Waals surface area contributed by atoms with E-state index >= 15 is 0 Å². The van der Waals surface area contributed by atoms with E-state index in [0.29, 0.717) is 17.7 Å². The van der Waals surface area contributed by atoms with Crippen molar-refractivity contribution in [2.75, 3.05) is 6.54 Å². The molecule has 3 aromatic rings. The van der Waals surface area contributed by atoms with Crippen LogP contribution in [0.4, 0.5) is 0 Å². The number of hydrogen-bond donors (Lipinski definition) is 3. The van der Waals surface area contributed by atoms with Gasteiger partial charge in [-0.15, -0.1) is 0 Å². The molecular formula is C24H21N3O3. The van der Waals surface area contributed by atoms with E-state index in [1.807, 2.05) is 42.5 Å². The molecule has 1 aliphatic rings. The minimum absolute atomic E-state index is 0.127. The Morgan fingerprint density at radius 1 is 1.07 bits per heavy atom. The van der Waals surface area contributed by atoms with Gasteiger partial charge < -0.3 is 16.0 Å². The zero-order valence-electron chi connectivity index (χ0n) is 16.3. The van der Waals surface area contributed by atoms with Crippen molar-refractivity contribution < 1.29 is 14.4 Å². The minimum Gasteiger partial charge on any atom is -0.350 e. The van der Waals surface area contributed by atoms with Gasteiger partial charge in [-0.05, 0) is 52.2 Å². The van der Waals surface area contributed by atoms with Crippen molar-refractivity contribution in [3.05, 3.63) is 95.6 Å². The van der Waals surface area contributed by atoms with Gasteiger partial charge in [-0.1, -0.05) is 43.0 Å². The smallest absolute Gasteiger partial charge is 0.251 e. The van der Waals surface area contributed by atoms with Crippen LogP contribution >= 0.6 is 0 Å². The van der Waals surface area contributed by atoms with Gasteiger partial charge in [-0.25, -0.2) is 0 Å². The predicted octanol–water partition coefficient (Wildman–Crippen LogP) is 2.86. The molecule has 1 heterocycles. The second kappa shape index (κ2) is 8.21. The molecule has 6 nitrogen and oxygen atoms in total. The van der Waals surface area contributed by atoms with Crippen LogP contribution in [0.25, 0.3) is 10.8 Å². The average Bonchev–Trinajstić information content (AvgIpc) is 3.15. The second-order valence-electron chi connectivity index (χ2n) is 7.14. The molecule has 1 atom stereocenters. The Morgan fingerprint density at radius 2 is 1.87 bits per heavy atom. The maximum atomic E-state index is 12.9. The number of amides is 3. The molecular weight excluding hydrogens is 378 g/mol. The maximum Gasteiger partial charge on any atom is 0.251 e. The standard InChI is InChI=1S/C24H21N3O3/c1-2-22(28)25-14-21(17-8-7-15-5-3-4-6-16(15)11-17)27-23(29)18-9-10-20-19(12-18)13-26-24(20)30/h2-12,21H,1,13-14H2,(H,25,28)(H,26,30)(H,27,29). The number of hydrogen-bond acceptors (Lipinski definition) is 3. The maximum absolute atomic E-state index is 12.9. The summed E-state index contributed by atoms with van der Waals surface area (Å²) >= 11 is 0. The monoisotopic (exact) mass is 399 g/mol. The molecule has 0 saturated carbocycles. The van der Waals surface area contributed by atoms with E-state index in [4.69, 9.17) is 0 Å². The van der Waals surface area contributed by atoms with Gasteiger partial charge in [0.2, 0.25) is 5.91 Å². The molecule has 0 aromatic heterocycles. The molecule has 0 spiro atoms. The van der Waals surface area contributed by atoms with Crippen LogP contribution in [0.3, 0.4) is 0 Å². The van der Waals surface area contributed by atoms with Crippen molar-refractivity contribution in [3.8, 4) is 0 Å². The zero-order chi connectivity index (χ0) is 21.1. The first-order valence-electron chi connectivity index (χ1n) is 9.66. The van der Waals surface area contributed by atoms with E-state index in [-0.39, 0.29) is 24.3 Å². The molecule has 0 fully saturated rings. The topological polar surface area (TPSA) is 87.3 Å². The number of nitrogens with one attached hydrogen (secondary N) is 3. The number of benzene rings is 3. The average molecular weight is 399 g/mol. The van der Waals surface area contributed by atoms with Crippen LogP contribution in [0, 0.1) is 0 Å². The largest absolute Gasteiger partial charge is 0.350 e. The summed E-state index contributed by atoms with van der Waals surface area (Å²) in [4.78, 5) is 36.4. The Kier molecular flexibility index (Phi) is 5.30. The summed E-state index contributed by atoms with van der Waals surface area (Å²) in [6, 6.07) is 18.5. The van der Waals surface area contributed by atoms with Crippen molar-refractivity contribution in [1.29, 1.82) is 0 Å². The summed E-state index contributed by atoms with van der Waals surface area (Å²) < 4.78 is 0. The summed E-state index contributed by atoms with van der Waals surface area (Å²) in [7, 11) is 0. The van der Waals surface area contributed by atoms with Gasteiger partial charge in [-0.3, -0.25) is 14.4 Å². The molecule has 0 radical (unpaired) electrons. The Balaban J connectivity index is 1.60. The van der Waals surface area contributed by atoms with Crippen LogP contribution in [0.5, 0.6) is 0 Å². The molecule has 150 valence electrons. The summed E-state index contributed by atoms with van der Waals surface area (Å²) in [5, 5.41) is 10.6. The molecule has 1 aliphatic heterocycles. The zero-order valence-corrected chi connectivity index (χ0v) is 16.3. The molecule has 0 aliphatic carbocycles. The van der Waals surface area contributed by atoms with E-state index < -0.39 is 6.04 Å². The highest BCUT2D eigenvalue weighted by molar-refractivity contribution is 6.01. The summed E-state index contributed by atoms with van der Waals surface area (Å²) in [5.74, 6) is -0.710. The lowest BCUT2D eigenvalue weighted by Crippen LogP contribution is -2.37. The lowest BCUT2D eigenvalue weighted by molar-refractivity contribution is -0.116. The number of carbonyl (C=O) groups is 3. The highest BCUT2D eigenvalue weighted by Crippen LogP contribution is 2.22. The fraction of sp³-hybridized carbons (Fsp3) is 0.125. The molecule has 4 rings (SSSR count). The van der Waals surface area contributed by atoms with E-state index in [9.17, 15) is 14.4 Å². The van der Waals surface area contributed by atoms with E-state index in [1.165, 1.54) is 6.08 Å². The van der Waals surface area contributed by atoms with Gasteiger partial charge in [0.15, 0.2) is 0 Å². The third-order valence-electron chi connectivity index (χ3n) is 5.20. The number of rotatable bonds is 6. The third-order valence-corrected chi connectivity index (χ3v) is 5.20. The number of fused-ring (bicyclic) bond motifs is 2. The minimum atomic E-state index is -0.431. The van der Waals surface area contributed by atoms with E-state index in [0.717, 1.165) is 21.9 Å². The Morgan fingerprint density at radius 3 is 2.67 bits per heavy atom. The van der Waals surface area contributed by atoms with Crippen molar-refractivity contribution in [3.63, 3.8) is 0 Å². The van der Waals surface area contributed by atoms with E-state index in [1.54, 1.807) is 18.2 Å². The van der Waals surface area contributed by atoms with Gasteiger partial charge in [-0.2, -0.15) is 0 Å². The molecule has 30 heavy (non-hydrogen) atoms. The second-order valence-corrected chi connectivity index (χ2v) is 7.14. The highest BCUT2D eigenvalue weighted by atomic mass is 16.2.